The number of likely N-dealkylation sites (tertiary alicyclic amines) is 1. The average molecular weight is 373 g/mol. The Morgan fingerprint density at radius 3 is 2.76 bits per heavy atom. The first-order valence-corrected chi connectivity index (χ1v) is 8.41. The molecule has 1 atom stereocenters. The van der Waals surface area contributed by atoms with Crippen molar-refractivity contribution < 1.29 is 9.59 Å². The first-order chi connectivity index (χ1) is 9.99. The lowest BCUT2D eigenvalue weighted by Gasteiger charge is -2.29. The van der Waals surface area contributed by atoms with Crippen LogP contribution in [0.1, 0.15) is 49.4 Å². The second kappa shape index (κ2) is 7.41. The summed E-state index contributed by atoms with van der Waals surface area (Å²) < 4.78 is 0.775. The van der Waals surface area contributed by atoms with Gasteiger partial charge in [0.25, 0.3) is 5.91 Å². The SMILES string of the molecule is CC(=O)CC1CCCCCN1C(=O)c1ccc(Br)c(Cl)c1. The normalized spacial score (nSPS) is 19.2. The van der Waals surface area contributed by atoms with Gasteiger partial charge in [-0.3, -0.25) is 9.59 Å². The zero-order chi connectivity index (χ0) is 15.4. The van der Waals surface area contributed by atoms with Crippen molar-refractivity contribution in [2.24, 2.45) is 0 Å². The maximum absolute atomic E-state index is 12.7. The Labute approximate surface area is 138 Å². The van der Waals surface area contributed by atoms with Crippen molar-refractivity contribution in [2.45, 2.75) is 45.1 Å². The van der Waals surface area contributed by atoms with E-state index in [9.17, 15) is 9.59 Å². The molecular formula is C16H19BrClNO2. The van der Waals surface area contributed by atoms with Gasteiger partial charge in [0.2, 0.25) is 0 Å². The quantitative estimate of drug-likeness (QED) is 0.785. The molecule has 1 fully saturated rings. The van der Waals surface area contributed by atoms with Gasteiger partial charge in [-0.1, -0.05) is 24.4 Å². The smallest absolute Gasteiger partial charge is 0.254 e. The van der Waals surface area contributed by atoms with Gasteiger partial charge < -0.3 is 4.90 Å². The molecular weight excluding hydrogens is 354 g/mol. The van der Waals surface area contributed by atoms with Crippen LogP contribution < -0.4 is 0 Å². The van der Waals surface area contributed by atoms with Crippen LogP contribution in [0.15, 0.2) is 22.7 Å². The van der Waals surface area contributed by atoms with Crippen LogP contribution in [0, 0.1) is 0 Å². The molecule has 2 rings (SSSR count). The van der Waals surface area contributed by atoms with E-state index in [4.69, 9.17) is 11.6 Å². The predicted octanol–water partition coefficient (Wildman–Crippen LogP) is 4.47. The first kappa shape index (κ1) is 16.5. The van der Waals surface area contributed by atoms with Crippen molar-refractivity contribution in [3.63, 3.8) is 0 Å². The van der Waals surface area contributed by atoms with E-state index in [1.54, 1.807) is 25.1 Å². The van der Waals surface area contributed by atoms with Crippen LogP contribution in [0.3, 0.4) is 0 Å². The monoisotopic (exact) mass is 371 g/mol. The number of halogens is 2. The minimum absolute atomic E-state index is 0.0138. The van der Waals surface area contributed by atoms with Crippen molar-refractivity contribution in [1.82, 2.24) is 4.90 Å². The number of nitrogens with zero attached hydrogens (tertiary/aromatic N) is 1. The van der Waals surface area contributed by atoms with E-state index in [2.05, 4.69) is 15.9 Å². The van der Waals surface area contributed by atoms with E-state index in [-0.39, 0.29) is 17.7 Å². The van der Waals surface area contributed by atoms with Gasteiger partial charge in [0.15, 0.2) is 0 Å². The number of rotatable bonds is 3. The first-order valence-electron chi connectivity index (χ1n) is 7.24. The van der Waals surface area contributed by atoms with Gasteiger partial charge in [0.05, 0.1) is 5.02 Å². The summed E-state index contributed by atoms with van der Waals surface area (Å²) in [7, 11) is 0. The van der Waals surface area contributed by atoms with E-state index >= 15 is 0 Å². The summed E-state index contributed by atoms with van der Waals surface area (Å²) in [6, 6.07) is 5.25. The van der Waals surface area contributed by atoms with Crippen molar-refractivity contribution in [1.29, 1.82) is 0 Å². The lowest BCUT2D eigenvalue weighted by molar-refractivity contribution is -0.118. The summed E-state index contributed by atoms with van der Waals surface area (Å²) >= 11 is 9.41. The number of hydrogen-bond acceptors (Lipinski definition) is 2. The Hall–Kier alpha value is -0.870. The Morgan fingerprint density at radius 2 is 2.10 bits per heavy atom. The van der Waals surface area contributed by atoms with Gasteiger partial charge in [-0.05, 0) is 53.9 Å². The van der Waals surface area contributed by atoms with Crippen molar-refractivity contribution in [3.8, 4) is 0 Å². The molecule has 1 aliphatic heterocycles. The van der Waals surface area contributed by atoms with E-state index in [0.717, 1.165) is 30.2 Å². The molecule has 1 aliphatic rings. The van der Waals surface area contributed by atoms with E-state index in [1.165, 1.54) is 0 Å². The van der Waals surface area contributed by atoms with Gasteiger partial charge >= 0.3 is 0 Å². The number of amides is 1. The molecule has 0 N–H and O–H groups in total. The molecule has 0 aromatic heterocycles. The summed E-state index contributed by atoms with van der Waals surface area (Å²) in [5, 5.41) is 0.527. The second-order valence-corrected chi connectivity index (χ2v) is 6.80. The minimum Gasteiger partial charge on any atom is -0.335 e. The Kier molecular flexibility index (Phi) is 5.82. The summed E-state index contributed by atoms with van der Waals surface area (Å²) in [6.45, 7) is 2.30. The molecule has 0 aliphatic carbocycles. The van der Waals surface area contributed by atoms with Crippen molar-refractivity contribution in [2.75, 3.05) is 6.54 Å². The molecule has 1 unspecified atom stereocenters. The number of Topliss-reactive ketones (excluding diaryl/α,β-unsaturated/α-hetero) is 1. The molecule has 1 aromatic carbocycles. The molecule has 114 valence electrons. The van der Waals surface area contributed by atoms with Crippen LogP contribution >= 0.6 is 27.5 Å². The van der Waals surface area contributed by atoms with Gasteiger partial charge in [-0.25, -0.2) is 0 Å². The van der Waals surface area contributed by atoms with E-state index in [1.807, 2.05) is 4.90 Å². The Morgan fingerprint density at radius 1 is 1.33 bits per heavy atom. The van der Waals surface area contributed by atoms with Gasteiger partial charge in [-0.2, -0.15) is 0 Å². The average Bonchev–Trinajstić information content (AvgIpc) is 2.66. The van der Waals surface area contributed by atoms with Gasteiger partial charge in [-0.15, -0.1) is 0 Å². The van der Waals surface area contributed by atoms with E-state index in [0.29, 0.717) is 23.6 Å². The maximum atomic E-state index is 12.7. The number of carbonyl (C=O) groups excluding carboxylic acids is 2. The number of carbonyl (C=O) groups is 2. The molecule has 0 spiro atoms. The Bertz CT molecular complexity index is 547. The van der Waals surface area contributed by atoms with E-state index < -0.39 is 0 Å². The summed E-state index contributed by atoms with van der Waals surface area (Å²) in [5.41, 5.74) is 0.582. The number of ketones is 1. The third kappa shape index (κ3) is 4.30. The molecule has 3 nitrogen and oxygen atoms in total. The zero-order valence-electron chi connectivity index (χ0n) is 12.1. The molecule has 1 aromatic rings. The summed E-state index contributed by atoms with van der Waals surface area (Å²) in [6.07, 6.45) is 4.51. The van der Waals surface area contributed by atoms with Crippen LogP contribution in [0.2, 0.25) is 5.02 Å². The van der Waals surface area contributed by atoms with Crippen LogP contribution in [0.25, 0.3) is 0 Å². The lowest BCUT2D eigenvalue weighted by Crippen LogP contribution is -2.41. The molecule has 1 saturated heterocycles. The molecule has 1 amide bonds. The highest BCUT2D eigenvalue weighted by Gasteiger charge is 2.27. The fourth-order valence-electron chi connectivity index (χ4n) is 2.78. The third-order valence-electron chi connectivity index (χ3n) is 3.83. The molecule has 0 bridgehead atoms. The van der Waals surface area contributed by atoms with Crippen LogP contribution in [-0.4, -0.2) is 29.2 Å². The van der Waals surface area contributed by atoms with Crippen molar-refractivity contribution >= 4 is 39.2 Å². The van der Waals surface area contributed by atoms with Crippen molar-refractivity contribution in [3.05, 3.63) is 33.3 Å². The molecule has 0 saturated carbocycles. The highest BCUT2D eigenvalue weighted by atomic mass is 79.9. The van der Waals surface area contributed by atoms with Gasteiger partial charge in [0, 0.05) is 29.0 Å². The Balaban J connectivity index is 2.23. The molecule has 0 radical (unpaired) electrons. The molecule has 1 heterocycles. The predicted molar refractivity (Wildman–Crippen MR) is 87.7 cm³/mol. The standard InChI is InChI=1S/C16H19BrClNO2/c1-11(20)9-13-5-3-2-4-8-19(13)16(21)12-6-7-14(17)15(18)10-12/h6-7,10,13H,2-5,8-9H2,1H3. The molecule has 21 heavy (non-hydrogen) atoms. The number of benzene rings is 1. The fourth-order valence-corrected chi connectivity index (χ4v) is 3.21. The van der Waals surface area contributed by atoms with Crippen LogP contribution in [0.5, 0.6) is 0 Å². The third-order valence-corrected chi connectivity index (χ3v) is 5.06. The largest absolute Gasteiger partial charge is 0.335 e. The second-order valence-electron chi connectivity index (χ2n) is 5.54. The maximum Gasteiger partial charge on any atom is 0.254 e. The highest BCUT2D eigenvalue weighted by Crippen LogP contribution is 2.26. The fraction of sp³-hybridized carbons (Fsp3) is 0.500. The van der Waals surface area contributed by atoms with Crippen LogP contribution in [-0.2, 0) is 4.79 Å². The van der Waals surface area contributed by atoms with Crippen LogP contribution in [0.4, 0.5) is 0 Å². The summed E-state index contributed by atoms with van der Waals surface area (Å²) in [4.78, 5) is 26.1. The topological polar surface area (TPSA) is 37.4 Å². The minimum atomic E-state index is -0.0300. The summed E-state index contributed by atoms with van der Waals surface area (Å²) in [5.74, 6) is 0.103. The number of hydrogen-bond donors (Lipinski definition) is 0. The molecule has 5 heteroatoms. The lowest BCUT2D eigenvalue weighted by atomic mass is 10.0. The highest BCUT2D eigenvalue weighted by molar-refractivity contribution is 9.10. The van der Waals surface area contributed by atoms with Gasteiger partial charge in [0.1, 0.15) is 5.78 Å². The zero-order valence-corrected chi connectivity index (χ0v) is 14.4.